The van der Waals surface area contributed by atoms with Crippen molar-refractivity contribution < 1.29 is 22.9 Å². The van der Waals surface area contributed by atoms with E-state index in [9.17, 15) is 17.8 Å². The first-order valence-electron chi connectivity index (χ1n) is 6.40. The first-order chi connectivity index (χ1) is 10.7. The summed E-state index contributed by atoms with van der Waals surface area (Å²) in [6, 6.07) is 10.2. The average molecular weight is 352 g/mol. The molecule has 0 bridgehead atoms. The van der Waals surface area contributed by atoms with Crippen molar-refractivity contribution in [3.05, 3.63) is 53.6 Å². The second kappa shape index (κ2) is 5.15. The predicted octanol–water partition coefficient (Wildman–Crippen LogP) is 2.18. The third kappa shape index (κ3) is 2.52. The van der Waals surface area contributed by atoms with Crippen LogP contribution in [-0.2, 0) is 14.3 Å². The zero-order valence-electron chi connectivity index (χ0n) is 11.6. The van der Waals surface area contributed by atoms with Crippen LogP contribution in [0.2, 0.25) is 0 Å². The molecular formula is C14H12N2O5S2. The van der Waals surface area contributed by atoms with Gasteiger partial charge in [0.05, 0.1) is 11.3 Å². The van der Waals surface area contributed by atoms with Gasteiger partial charge in [0.1, 0.15) is 0 Å². The van der Waals surface area contributed by atoms with Crippen molar-refractivity contribution in [3.63, 3.8) is 0 Å². The summed E-state index contributed by atoms with van der Waals surface area (Å²) in [6.07, 6.45) is 0. The van der Waals surface area contributed by atoms with Gasteiger partial charge in [-0.05, 0) is 30.3 Å². The second-order valence-electron chi connectivity index (χ2n) is 4.96. The number of hydrogen-bond acceptors (Lipinski definition) is 6. The highest BCUT2D eigenvalue weighted by molar-refractivity contribution is 8.12. The number of nitrogens with one attached hydrogen (secondary N) is 1. The van der Waals surface area contributed by atoms with Crippen molar-refractivity contribution in [2.75, 3.05) is 11.1 Å². The van der Waals surface area contributed by atoms with Crippen molar-refractivity contribution in [1.82, 2.24) is 0 Å². The molecule has 0 saturated heterocycles. The fraction of sp³-hybridized carbons (Fsp3) is 0.0714. The van der Waals surface area contributed by atoms with Gasteiger partial charge in [-0.1, -0.05) is 23.9 Å². The van der Waals surface area contributed by atoms with Crippen LogP contribution in [0.4, 0.5) is 11.4 Å². The molecule has 3 rings (SSSR count). The number of fused-ring (bicyclic) bond motifs is 1. The van der Waals surface area contributed by atoms with Crippen LogP contribution in [0.25, 0.3) is 0 Å². The molecule has 1 unspecified atom stereocenters. The molecular weight excluding hydrogens is 340 g/mol. The Morgan fingerprint density at radius 1 is 1.17 bits per heavy atom. The number of nitrogen functional groups attached to an aromatic ring is 1. The Bertz CT molecular complexity index is 896. The minimum absolute atomic E-state index is 0.0292. The van der Waals surface area contributed by atoms with E-state index in [1.165, 1.54) is 42.5 Å². The van der Waals surface area contributed by atoms with E-state index in [0.29, 0.717) is 16.3 Å². The smallest absolute Gasteiger partial charge is 0.335 e. The van der Waals surface area contributed by atoms with Crippen molar-refractivity contribution >= 4 is 39.2 Å². The lowest BCUT2D eigenvalue weighted by Crippen LogP contribution is -2.37. The zero-order chi connectivity index (χ0) is 16.8. The number of benzene rings is 2. The molecule has 23 heavy (non-hydrogen) atoms. The van der Waals surface area contributed by atoms with Crippen molar-refractivity contribution in [2.45, 2.75) is 9.10 Å². The van der Waals surface area contributed by atoms with Gasteiger partial charge in [0.2, 0.25) is 4.20 Å². The monoisotopic (exact) mass is 352 g/mol. The Balaban J connectivity index is 2.14. The summed E-state index contributed by atoms with van der Waals surface area (Å²) in [4.78, 5) is 11.5. The van der Waals surface area contributed by atoms with Gasteiger partial charge >= 0.3 is 16.1 Å². The molecule has 2 aromatic rings. The molecule has 7 nitrogen and oxygen atoms in total. The third-order valence-electron chi connectivity index (χ3n) is 3.44. The molecule has 5 N–H and O–H groups in total. The summed E-state index contributed by atoms with van der Waals surface area (Å²) in [6.45, 7) is 0. The van der Waals surface area contributed by atoms with Gasteiger partial charge in [-0.3, -0.25) is 4.55 Å². The number of carboxylic acid groups (broad SMARTS) is 1. The van der Waals surface area contributed by atoms with Crippen LogP contribution in [0, 0.1) is 0 Å². The van der Waals surface area contributed by atoms with Crippen LogP contribution in [0.5, 0.6) is 0 Å². The van der Waals surface area contributed by atoms with Gasteiger partial charge in [0.15, 0.2) is 0 Å². The Kier molecular flexibility index (Phi) is 3.51. The largest absolute Gasteiger partial charge is 0.478 e. The molecule has 0 spiro atoms. The number of thioether (sulfide) groups is 1. The fourth-order valence-electron chi connectivity index (χ4n) is 2.30. The van der Waals surface area contributed by atoms with Crippen LogP contribution in [0.3, 0.4) is 0 Å². The number of hydrogen-bond donors (Lipinski definition) is 4. The maximum Gasteiger partial charge on any atom is 0.335 e. The van der Waals surface area contributed by atoms with E-state index in [1.54, 1.807) is 0 Å². The van der Waals surface area contributed by atoms with Gasteiger partial charge in [0.25, 0.3) is 0 Å². The highest BCUT2D eigenvalue weighted by Crippen LogP contribution is 2.54. The van der Waals surface area contributed by atoms with Crippen LogP contribution in [0.15, 0.2) is 47.4 Å². The van der Waals surface area contributed by atoms with E-state index >= 15 is 0 Å². The summed E-state index contributed by atoms with van der Waals surface area (Å²) >= 11 is 0.828. The molecule has 0 aliphatic carbocycles. The average Bonchev–Trinajstić information content (AvgIpc) is 2.87. The molecule has 0 amide bonds. The topological polar surface area (TPSA) is 130 Å². The second-order valence-corrected chi connectivity index (χ2v) is 8.03. The van der Waals surface area contributed by atoms with Crippen LogP contribution in [-0.4, -0.2) is 24.0 Å². The van der Waals surface area contributed by atoms with E-state index in [-0.39, 0.29) is 11.1 Å². The summed E-state index contributed by atoms with van der Waals surface area (Å²) in [5, 5.41) is 11.8. The fourth-order valence-corrected chi connectivity index (χ4v) is 4.80. The van der Waals surface area contributed by atoms with E-state index in [1.807, 2.05) is 0 Å². The maximum atomic E-state index is 12.1. The first kappa shape index (κ1) is 15.7. The molecule has 1 aliphatic rings. The molecule has 1 aliphatic heterocycles. The Labute approximate surface area is 136 Å². The maximum absolute atomic E-state index is 12.1. The summed E-state index contributed by atoms with van der Waals surface area (Å²) in [5.41, 5.74) is 6.80. The Morgan fingerprint density at radius 2 is 1.83 bits per heavy atom. The quantitative estimate of drug-likeness (QED) is 0.488. The van der Waals surface area contributed by atoms with Gasteiger partial charge < -0.3 is 16.2 Å². The molecule has 1 heterocycles. The lowest BCUT2D eigenvalue weighted by atomic mass is 10.2. The minimum Gasteiger partial charge on any atom is -0.478 e. The van der Waals surface area contributed by atoms with Gasteiger partial charge in [0, 0.05) is 16.1 Å². The number of rotatable bonds is 3. The van der Waals surface area contributed by atoms with Crippen LogP contribution < -0.4 is 11.1 Å². The van der Waals surface area contributed by atoms with Crippen molar-refractivity contribution in [2.24, 2.45) is 0 Å². The van der Waals surface area contributed by atoms with Gasteiger partial charge in [-0.15, -0.1) is 0 Å². The standard InChI is InChI=1S/C14H12N2O5S2/c15-10-4-2-9(3-5-10)14(23(19,20)21)16-11-6-1-8(13(17)18)7-12(11)22-14/h1-7,16H,15H2,(H,17,18)(H,19,20,21). The van der Waals surface area contributed by atoms with Gasteiger partial charge in [-0.2, -0.15) is 8.42 Å². The summed E-state index contributed by atoms with van der Waals surface area (Å²) in [5.74, 6) is -1.12. The Morgan fingerprint density at radius 3 is 2.39 bits per heavy atom. The summed E-state index contributed by atoms with van der Waals surface area (Å²) < 4.78 is 32.0. The van der Waals surface area contributed by atoms with Crippen LogP contribution in [0.1, 0.15) is 15.9 Å². The molecule has 0 aromatic heterocycles. The SMILES string of the molecule is Nc1ccc(C2(S(=O)(=O)O)Nc3ccc(C(=O)O)cc3S2)cc1. The highest BCUT2D eigenvalue weighted by atomic mass is 32.3. The predicted molar refractivity (Wildman–Crippen MR) is 87.0 cm³/mol. The highest BCUT2D eigenvalue weighted by Gasteiger charge is 2.50. The lowest BCUT2D eigenvalue weighted by molar-refractivity contribution is 0.0696. The van der Waals surface area contributed by atoms with E-state index in [2.05, 4.69) is 5.32 Å². The lowest BCUT2D eigenvalue weighted by Gasteiger charge is -2.26. The van der Waals surface area contributed by atoms with E-state index in [4.69, 9.17) is 10.8 Å². The molecule has 120 valence electrons. The molecule has 1 atom stereocenters. The Hall–Kier alpha value is -2.23. The van der Waals surface area contributed by atoms with Gasteiger partial charge in [-0.25, -0.2) is 4.79 Å². The first-order valence-corrected chi connectivity index (χ1v) is 8.66. The van der Waals surface area contributed by atoms with E-state index < -0.39 is 20.3 Å². The third-order valence-corrected chi connectivity index (χ3v) is 6.56. The summed E-state index contributed by atoms with van der Waals surface area (Å²) in [7, 11) is -4.57. The molecule has 9 heteroatoms. The number of anilines is 2. The minimum atomic E-state index is -4.57. The molecule has 2 aromatic carbocycles. The van der Waals surface area contributed by atoms with Crippen molar-refractivity contribution in [3.8, 4) is 0 Å². The normalized spacial score (nSPS) is 19.9. The number of carboxylic acids is 1. The molecule has 0 saturated carbocycles. The van der Waals surface area contributed by atoms with Crippen molar-refractivity contribution in [1.29, 1.82) is 0 Å². The number of nitrogens with two attached hydrogens (primary N) is 1. The van der Waals surface area contributed by atoms with Crippen LogP contribution >= 0.6 is 11.8 Å². The molecule has 0 radical (unpaired) electrons. The molecule has 0 fully saturated rings. The number of carbonyl (C=O) groups is 1. The zero-order valence-corrected chi connectivity index (χ0v) is 13.2. The number of aromatic carboxylic acids is 1. The van der Waals surface area contributed by atoms with E-state index in [0.717, 1.165) is 11.8 Å².